The van der Waals surface area contributed by atoms with E-state index >= 15 is 0 Å². The molecule has 142 valence electrons. The fourth-order valence-corrected chi connectivity index (χ4v) is 3.51. The predicted octanol–water partition coefficient (Wildman–Crippen LogP) is 4.15. The van der Waals surface area contributed by atoms with Crippen LogP contribution in [0.2, 0.25) is 5.02 Å². The largest absolute Gasteiger partial charge is 0.326 e. The van der Waals surface area contributed by atoms with Crippen molar-refractivity contribution in [2.24, 2.45) is 0 Å². The second-order valence-corrected chi connectivity index (χ2v) is 7.10. The van der Waals surface area contributed by atoms with Crippen molar-refractivity contribution in [3.8, 4) is 0 Å². The van der Waals surface area contributed by atoms with Gasteiger partial charge in [-0.2, -0.15) is 0 Å². The Kier molecular flexibility index (Phi) is 6.48. The topological polar surface area (TPSA) is 61.4 Å². The van der Waals surface area contributed by atoms with Crippen LogP contribution in [-0.2, 0) is 9.59 Å². The fraction of sp³-hybridized carbons (Fsp3) is 0.333. The number of carbonyl (C=O) groups excluding carboxylic acids is 2. The number of nitrogens with zero attached hydrogens (tertiary/aromatic N) is 1. The Morgan fingerprint density at radius 2 is 1.93 bits per heavy atom. The zero-order valence-electron chi connectivity index (χ0n) is 15.4. The number of nitrogens with one attached hydrogen (secondary N) is 2. The highest BCUT2D eigenvalue weighted by atomic mass is 35.5. The summed E-state index contributed by atoms with van der Waals surface area (Å²) in [6, 6.07) is 15.2. The molecule has 3 rings (SSSR count). The Bertz CT molecular complexity index is 807. The number of rotatable bonds is 7. The maximum atomic E-state index is 12.1. The first-order chi connectivity index (χ1) is 13.0. The van der Waals surface area contributed by atoms with Gasteiger partial charge in [0.05, 0.1) is 0 Å². The molecule has 1 aliphatic rings. The molecule has 2 N–H and O–H groups in total. The Hall–Kier alpha value is -2.37. The van der Waals surface area contributed by atoms with Gasteiger partial charge in [-0.1, -0.05) is 29.8 Å². The lowest BCUT2D eigenvalue weighted by molar-refractivity contribution is -0.117. The van der Waals surface area contributed by atoms with E-state index in [-0.39, 0.29) is 17.9 Å². The van der Waals surface area contributed by atoms with E-state index < -0.39 is 0 Å². The number of carbonyl (C=O) groups is 2. The summed E-state index contributed by atoms with van der Waals surface area (Å²) in [4.78, 5) is 25.7. The summed E-state index contributed by atoms with van der Waals surface area (Å²) in [7, 11) is 0. The zero-order valence-corrected chi connectivity index (χ0v) is 16.1. The second kappa shape index (κ2) is 9.02. The van der Waals surface area contributed by atoms with Crippen molar-refractivity contribution < 1.29 is 9.59 Å². The van der Waals surface area contributed by atoms with Crippen molar-refractivity contribution in [3.63, 3.8) is 0 Å². The van der Waals surface area contributed by atoms with Crippen molar-refractivity contribution in [2.75, 3.05) is 23.3 Å². The third-order valence-electron chi connectivity index (χ3n) is 4.71. The average Bonchev–Trinajstić information content (AvgIpc) is 3.08. The van der Waals surface area contributed by atoms with Gasteiger partial charge in [0, 0.05) is 48.4 Å². The quantitative estimate of drug-likeness (QED) is 0.752. The van der Waals surface area contributed by atoms with Gasteiger partial charge in [-0.3, -0.25) is 9.59 Å². The lowest BCUT2D eigenvalue weighted by atomic mass is 10.1. The number of amides is 2. The van der Waals surface area contributed by atoms with Crippen molar-refractivity contribution in [3.05, 3.63) is 59.1 Å². The van der Waals surface area contributed by atoms with Crippen molar-refractivity contribution >= 4 is 34.8 Å². The zero-order chi connectivity index (χ0) is 19.2. The molecule has 0 radical (unpaired) electrons. The highest BCUT2D eigenvalue weighted by Crippen LogP contribution is 2.23. The smallest absolute Gasteiger partial charge is 0.227 e. The fourth-order valence-electron chi connectivity index (χ4n) is 3.21. The van der Waals surface area contributed by atoms with Crippen molar-refractivity contribution in [1.82, 2.24) is 5.32 Å². The van der Waals surface area contributed by atoms with Gasteiger partial charge in [0.2, 0.25) is 11.8 Å². The third kappa shape index (κ3) is 5.08. The van der Waals surface area contributed by atoms with Crippen LogP contribution in [0, 0.1) is 0 Å². The first-order valence-electron chi connectivity index (χ1n) is 9.22. The molecule has 2 amide bonds. The molecule has 1 aliphatic heterocycles. The van der Waals surface area contributed by atoms with E-state index in [2.05, 4.69) is 10.6 Å². The molecule has 2 aromatic rings. The Morgan fingerprint density at radius 3 is 2.59 bits per heavy atom. The van der Waals surface area contributed by atoms with Crippen LogP contribution in [0.25, 0.3) is 0 Å². The molecule has 0 unspecified atom stereocenters. The summed E-state index contributed by atoms with van der Waals surface area (Å²) < 4.78 is 0. The van der Waals surface area contributed by atoms with Crippen LogP contribution in [0.1, 0.15) is 37.8 Å². The molecular weight excluding hydrogens is 362 g/mol. The van der Waals surface area contributed by atoms with Crippen molar-refractivity contribution in [2.45, 2.75) is 32.2 Å². The molecule has 27 heavy (non-hydrogen) atoms. The van der Waals surface area contributed by atoms with Crippen molar-refractivity contribution in [1.29, 1.82) is 0 Å². The maximum absolute atomic E-state index is 12.1. The minimum atomic E-state index is -0.0566. The molecule has 1 atom stereocenters. The van der Waals surface area contributed by atoms with Gasteiger partial charge < -0.3 is 15.5 Å². The van der Waals surface area contributed by atoms with Crippen LogP contribution >= 0.6 is 11.6 Å². The predicted molar refractivity (Wildman–Crippen MR) is 109 cm³/mol. The van der Waals surface area contributed by atoms with Gasteiger partial charge >= 0.3 is 0 Å². The summed E-state index contributed by atoms with van der Waals surface area (Å²) in [6.45, 7) is 3.34. The van der Waals surface area contributed by atoms with Gasteiger partial charge in [-0.05, 0) is 49.2 Å². The van der Waals surface area contributed by atoms with Crippen LogP contribution in [0.3, 0.4) is 0 Å². The van der Waals surface area contributed by atoms with E-state index in [0.717, 1.165) is 34.9 Å². The highest BCUT2D eigenvalue weighted by molar-refractivity contribution is 6.31. The normalized spacial score (nSPS) is 15.0. The summed E-state index contributed by atoms with van der Waals surface area (Å²) in [5, 5.41) is 6.93. The monoisotopic (exact) mass is 385 g/mol. The van der Waals surface area contributed by atoms with Crippen LogP contribution in [0.15, 0.2) is 48.5 Å². The van der Waals surface area contributed by atoms with E-state index in [1.165, 1.54) is 0 Å². The third-order valence-corrected chi connectivity index (χ3v) is 5.05. The van der Waals surface area contributed by atoms with Crippen LogP contribution < -0.4 is 15.5 Å². The summed E-state index contributed by atoms with van der Waals surface area (Å²) in [5.74, 6) is 0.101. The lowest BCUT2D eigenvalue weighted by Gasteiger charge is -2.16. The molecular formula is C21H24ClN3O2. The van der Waals surface area contributed by atoms with Gasteiger partial charge in [0.1, 0.15) is 0 Å². The van der Waals surface area contributed by atoms with E-state index in [9.17, 15) is 9.59 Å². The first-order valence-corrected chi connectivity index (χ1v) is 9.60. The lowest BCUT2D eigenvalue weighted by Crippen LogP contribution is -2.25. The minimum Gasteiger partial charge on any atom is -0.326 e. The molecule has 1 fully saturated rings. The van der Waals surface area contributed by atoms with Crippen LogP contribution in [-0.4, -0.2) is 24.9 Å². The first kappa shape index (κ1) is 19.4. The summed E-state index contributed by atoms with van der Waals surface area (Å²) in [5.41, 5.74) is 2.63. The van der Waals surface area contributed by atoms with Gasteiger partial charge in [0.25, 0.3) is 0 Å². The molecule has 0 bridgehead atoms. The van der Waals surface area contributed by atoms with E-state index in [0.29, 0.717) is 19.4 Å². The molecule has 1 heterocycles. The van der Waals surface area contributed by atoms with E-state index in [4.69, 9.17) is 11.6 Å². The Balaban J connectivity index is 1.45. The number of hydrogen-bond donors (Lipinski definition) is 2. The number of benzene rings is 2. The molecule has 0 aliphatic carbocycles. The Morgan fingerprint density at radius 1 is 1.19 bits per heavy atom. The van der Waals surface area contributed by atoms with E-state index in [1.807, 2.05) is 55.5 Å². The molecule has 0 saturated carbocycles. The van der Waals surface area contributed by atoms with Gasteiger partial charge in [-0.15, -0.1) is 0 Å². The molecule has 5 nitrogen and oxygen atoms in total. The molecule has 0 spiro atoms. The SMILES string of the molecule is C[C@@H](NCCC(=O)Nc1ccc(N2CCCC2=O)cc1)c1ccccc1Cl. The van der Waals surface area contributed by atoms with Gasteiger partial charge in [-0.25, -0.2) is 0 Å². The minimum absolute atomic E-state index is 0.0566. The van der Waals surface area contributed by atoms with E-state index in [1.54, 1.807) is 4.90 Å². The molecule has 0 aromatic heterocycles. The Labute approximate surface area is 164 Å². The second-order valence-electron chi connectivity index (χ2n) is 6.69. The highest BCUT2D eigenvalue weighted by Gasteiger charge is 2.21. The standard InChI is InChI=1S/C21H24ClN3O2/c1-15(18-5-2-3-6-19(18)22)23-13-12-20(26)24-16-8-10-17(11-9-16)25-14-4-7-21(25)27/h2-3,5-6,8-11,15,23H,4,7,12-14H2,1H3,(H,24,26)/t15-/m1/s1. The van der Waals surface area contributed by atoms with Crippen LogP contribution in [0.5, 0.6) is 0 Å². The number of hydrogen-bond acceptors (Lipinski definition) is 3. The number of halogens is 1. The summed E-state index contributed by atoms with van der Waals surface area (Å²) >= 11 is 6.19. The van der Waals surface area contributed by atoms with Gasteiger partial charge in [0.15, 0.2) is 0 Å². The average molecular weight is 386 g/mol. The molecule has 1 saturated heterocycles. The maximum Gasteiger partial charge on any atom is 0.227 e. The number of anilines is 2. The molecule has 2 aromatic carbocycles. The summed E-state index contributed by atoms with van der Waals surface area (Å²) in [6.07, 6.45) is 1.87. The molecule has 6 heteroatoms. The van der Waals surface area contributed by atoms with Crippen LogP contribution in [0.4, 0.5) is 11.4 Å².